The number of carbonyl (C=O) groups excluding carboxylic acids is 1. The number of H-pyrrole nitrogens is 1. The number of benzene rings is 2. The maximum Gasteiger partial charge on any atom is 0.255 e. The first-order valence-electron chi connectivity index (χ1n) is 7.87. The highest BCUT2D eigenvalue weighted by Crippen LogP contribution is 2.35. The van der Waals surface area contributed by atoms with Crippen molar-refractivity contribution in [2.75, 3.05) is 5.32 Å². The number of furan rings is 1. The molecule has 4 aromatic rings. The lowest BCUT2D eigenvalue weighted by atomic mass is 10.1. The molecule has 0 aliphatic carbocycles. The van der Waals surface area contributed by atoms with Crippen LogP contribution in [-0.4, -0.2) is 16.1 Å². The van der Waals surface area contributed by atoms with Gasteiger partial charge >= 0.3 is 0 Å². The molecular formula is C20H15N3O2. The Kier molecular flexibility index (Phi) is 3.88. The summed E-state index contributed by atoms with van der Waals surface area (Å²) in [6.45, 7) is 0. The minimum Gasteiger partial charge on any atom is -0.463 e. The first kappa shape index (κ1) is 15.0. The number of hydrogen-bond donors (Lipinski definition) is 2. The molecular weight excluding hydrogens is 314 g/mol. The Morgan fingerprint density at radius 3 is 2.32 bits per heavy atom. The number of aromatic amines is 1. The van der Waals surface area contributed by atoms with Gasteiger partial charge in [0.25, 0.3) is 5.91 Å². The molecule has 0 saturated carbocycles. The van der Waals surface area contributed by atoms with E-state index in [4.69, 9.17) is 4.42 Å². The Morgan fingerprint density at radius 1 is 0.920 bits per heavy atom. The van der Waals surface area contributed by atoms with Crippen LogP contribution in [-0.2, 0) is 0 Å². The topological polar surface area (TPSA) is 70.9 Å². The van der Waals surface area contributed by atoms with Gasteiger partial charge in [-0.05, 0) is 24.3 Å². The van der Waals surface area contributed by atoms with Crippen molar-refractivity contribution in [1.29, 1.82) is 0 Å². The van der Waals surface area contributed by atoms with Crippen molar-refractivity contribution in [3.8, 4) is 22.7 Å². The molecule has 0 aliphatic heterocycles. The third kappa shape index (κ3) is 2.95. The van der Waals surface area contributed by atoms with Crippen molar-refractivity contribution in [3.63, 3.8) is 0 Å². The van der Waals surface area contributed by atoms with Crippen LogP contribution in [0, 0.1) is 0 Å². The maximum absolute atomic E-state index is 12.6. The van der Waals surface area contributed by atoms with E-state index >= 15 is 0 Å². The van der Waals surface area contributed by atoms with Crippen LogP contribution in [0.25, 0.3) is 22.7 Å². The van der Waals surface area contributed by atoms with Crippen LogP contribution in [0.4, 0.5) is 5.69 Å². The average molecular weight is 329 g/mol. The number of amides is 1. The molecule has 5 heteroatoms. The lowest BCUT2D eigenvalue weighted by Gasteiger charge is -2.08. The molecule has 0 fully saturated rings. The summed E-state index contributed by atoms with van der Waals surface area (Å²) < 4.78 is 5.47. The highest BCUT2D eigenvalue weighted by Gasteiger charge is 2.20. The second-order valence-corrected chi connectivity index (χ2v) is 5.49. The van der Waals surface area contributed by atoms with Crippen LogP contribution in [0.2, 0.25) is 0 Å². The molecule has 0 saturated heterocycles. The molecule has 0 radical (unpaired) electrons. The molecule has 0 unspecified atom stereocenters. The number of hydrogen-bond acceptors (Lipinski definition) is 3. The third-order valence-electron chi connectivity index (χ3n) is 3.86. The van der Waals surface area contributed by atoms with Crippen molar-refractivity contribution < 1.29 is 9.21 Å². The van der Waals surface area contributed by atoms with E-state index in [-0.39, 0.29) is 5.91 Å². The zero-order chi connectivity index (χ0) is 17.1. The zero-order valence-corrected chi connectivity index (χ0v) is 13.3. The number of carbonyl (C=O) groups is 1. The van der Waals surface area contributed by atoms with Gasteiger partial charge in [-0.1, -0.05) is 48.5 Å². The molecule has 1 amide bonds. The largest absolute Gasteiger partial charge is 0.463 e. The smallest absolute Gasteiger partial charge is 0.255 e. The Balaban J connectivity index is 1.78. The fraction of sp³-hybridized carbons (Fsp3) is 0. The van der Waals surface area contributed by atoms with E-state index in [2.05, 4.69) is 15.5 Å². The summed E-state index contributed by atoms with van der Waals surface area (Å²) in [5.41, 5.74) is 3.37. The number of aromatic nitrogens is 2. The van der Waals surface area contributed by atoms with Crippen LogP contribution in [0.3, 0.4) is 0 Å². The van der Waals surface area contributed by atoms with E-state index in [1.54, 1.807) is 24.5 Å². The predicted molar refractivity (Wildman–Crippen MR) is 96.1 cm³/mol. The zero-order valence-electron chi connectivity index (χ0n) is 13.3. The SMILES string of the molecule is O=C(Nc1c(-c2ccccc2)n[nH]c1-c1ccco1)c1ccccc1. The second-order valence-electron chi connectivity index (χ2n) is 5.49. The average Bonchev–Trinajstić information content (AvgIpc) is 3.33. The van der Waals surface area contributed by atoms with Crippen molar-refractivity contribution in [2.45, 2.75) is 0 Å². The van der Waals surface area contributed by atoms with Gasteiger partial charge in [0.1, 0.15) is 11.4 Å². The van der Waals surface area contributed by atoms with Gasteiger partial charge in [0.15, 0.2) is 5.76 Å². The van der Waals surface area contributed by atoms with Crippen LogP contribution in [0.1, 0.15) is 10.4 Å². The summed E-state index contributed by atoms with van der Waals surface area (Å²) in [7, 11) is 0. The Bertz CT molecular complexity index is 974. The Labute approximate surface area is 144 Å². The monoisotopic (exact) mass is 329 g/mol. The van der Waals surface area contributed by atoms with Crippen LogP contribution >= 0.6 is 0 Å². The van der Waals surface area contributed by atoms with Crippen molar-refractivity contribution >= 4 is 11.6 Å². The number of nitrogens with zero attached hydrogens (tertiary/aromatic N) is 1. The Morgan fingerprint density at radius 2 is 1.64 bits per heavy atom. The van der Waals surface area contributed by atoms with E-state index < -0.39 is 0 Å². The van der Waals surface area contributed by atoms with Gasteiger partial charge in [-0.3, -0.25) is 9.89 Å². The summed E-state index contributed by atoms with van der Waals surface area (Å²) in [5.74, 6) is 0.407. The normalized spacial score (nSPS) is 10.6. The van der Waals surface area contributed by atoms with E-state index in [0.29, 0.717) is 28.4 Å². The highest BCUT2D eigenvalue weighted by atomic mass is 16.3. The fourth-order valence-electron chi connectivity index (χ4n) is 2.64. The molecule has 2 N–H and O–H groups in total. The lowest BCUT2D eigenvalue weighted by Crippen LogP contribution is -2.12. The fourth-order valence-corrected chi connectivity index (χ4v) is 2.64. The summed E-state index contributed by atoms with van der Waals surface area (Å²) in [6.07, 6.45) is 1.58. The molecule has 25 heavy (non-hydrogen) atoms. The minimum absolute atomic E-state index is 0.202. The molecule has 0 atom stereocenters. The summed E-state index contributed by atoms with van der Waals surface area (Å²) in [4.78, 5) is 12.6. The first-order valence-corrected chi connectivity index (χ1v) is 7.87. The molecule has 2 aromatic heterocycles. The number of anilines is 1. The summed E-state index contributed by atoms with van der Waals surface area (Å²) in [6, 6.07) is 22.4. The summed E-state index contributed by atoms with van der Waals surface area (Å²) >= 11 is 0. The van der Waals surface area contributed by atoms with Gasteiger partial charge in [0.05, 0.1) is 12.0 Å². The van der Waals surface area contributed by atoms with Gasteiger partial charge < -0.3 is 9.73 Å². The van der Waals surface area contributed by atoms with Crippen molar-refractivity contribution in [3.05, 3.63) is 84.6 Å². The molecule has 122 valence electrons. The van der Waals surface area contributed by atoms with Crippen molar-refractivity contribution in [1.82, 2.24) is 10.2 Å². The van der Waals surface area contributed by atoms with E-state index in [0.717, 1.165) is 5.56 Å². The van der Waals surface area contributed by atoms with Crippen LogP contribution < -0.4 is 5.32 Å². The molecule has 4 rings (SSSR count). The standard InChI is InChI=1S/C20H15N3O2/c24-20(15-10-5-2-6-11-15)21-19-17(14-8-3-1-4-9-14)22-23-18(19)16-12-7-13-25-16/h1-13H,(H,21,24)(H,22,23). The van der Waals surface area contributed by atoms with Gasteiger partial charge in [0.2, 0.25) is 0 Å². The molecule has 0 aliphatic rings. The van der Waals surface area contributed by atoms with E-state index in [1.165, 1.54) is 0 Å². The van der Waals surface area contributed by atoms with Gasteiger partial charge in [-0.25, -0.2) is 0 Å². The van der Waals surface area contributed by atoms with Crippen LogP contribution in [0.15, 0.2) is 83.5 Å². The molecule has 0 spiro atoms. The minimum atomic E-state index is -0.202. The van der Waals surface area contributed by atoms with Gasteiger partial charge in [-0.15, -0.1) is 0 Å². The molecule has 5 nitrogen and oxygen atoms in total. The third-order valence-corrected chi connectivity index (χ3v) is 3.86. The molecule has 2 aromatic carbocycles. The maximum atomic E-state index is 12.6. The number of nitrogens with one attached hydrogen (secondary N) is 2. The van der Waals surface area contributed by atoms with Crippen LogP contribution in [0.5, 0.6) is 0 Å². The highest BCUT2D eigenvalue weighted by molar-refractivity contribution is 6.08. The van der Waals surface area contributed by atoms with Gasteiger partial charge in [0, 0.05) is 11.1 Å². The second kappa shape index (κ2) is 6.49. The van der Waals surface area contributed by atoms with E-state index in [9.17, 15) is 4.79 Å². The first-order chi connectivity index (χ1) is 12.3. The summed E-state index contributed by atoms with van der Waals surface area (Å²) in [5, 5.41) is 10.3. The lowest BCUT2D eigenvalue weighted by molar-refractivity contribution is 0.102. The van der Waals surface area contributed by atoms with E-state index in [1.807, 2.05) is 54.6 Å². The predicted octanol–water partition coefficient (Wildman–Crippen LogP) is 4.59. The Hall–Kier alpha value is -3.60. The van der Waals surface area contributed by atoms with Crippen molar-refractivity contribution in [2.24, 2.45) is 0 Å². The quantitative estimate of drug-likeness (QED) is 0.575. The van der Waals surface area contributed by atoms with Gasteiger partial charge in [-0.2, -0.15) is 5.10 Å². The molecule has 2 heterocycles. The molecule has 0 bridgehead atoms. The number of rotatable bonds is 4.